The zero-order valence-electron chi connectivity index (χ0n) is 11.9. The number of rotatable bonds is 8. The fourth-order valence-electron chi connectivity index (χ4n) is 2.20. The average Bonchev–Trinajstić information content (AvgIpc) is 2.96. The van der Waals surface area contributed by atoms with Gasteiger partial charge >= 0.3 is 0 Å². The van der Waals surface area contributed by atoms with E-state index in [1.54, 1.807) is 7.11 Å². The van der Waals surface area contributed by atoms with Crippen LogP contribution < -0.4 is 10.1 Å². The lowest BCUT2D eigenvalue weighted by Gasteiger charge is -2.16. The quantitative estimate of drug-likeness (QED) is 0.749. The molecular formula is C15H22ClNO3. The van der Waals surface area contributed by atoms with Crippen molar-refractivity contribution in [3.05, 3.63) is 28.8 Å². The number of benzene rings is 1. The summed E-state index contributed by atoms with van der Waals surface area (Å²) in [4.78, 5) is 0. The van der Waals surface area contributed by atoms with Gasteiger partial charge < -0.3 is 19.5 Å². The zero-order valence-corrected chi connectivity index (χ0v) is 12.6. The highest BCUT2D eigenvalue weighted by Gasteiger charge is 2.17. The molecule has 0 bridgehead atoms. The van der Waals surface area contributed by atoms with Crippen LogP contribution in [0, 0.1) is 0 Å². The van der Waals surface area contributed by atoms with E-state index in [0.29, 0.717) is 24.8 Å². The Bertz CT molecular complexity index is 408. The van der Waals surface area contributed by atoms with E-state index in [1.165, 1.54) is 0 Å². The third-order valence-electron chi connectivity index (χ3n) is 3.28. The van der Waals surface area contributed by atoms with E-state index >= 15 is 0 Å². The second-order valence-electron chi connectivity index (χ2n) is 4.84. The standard InChI is InChI=1S/C15H22ClNO3/c1-18-9-7-17-10-12-4-2-6-14(16)15(12)20-11-13-5-3-8-19-13/h2,4,6,13,17H,3,5,7-11H2,1H3. The molecular weight excluding hydrogens is 278 g/mol. The predicted octanol–water partition coefficient (Wildman–Crippen LogP) is 2.63. The third kappa shape index (κ3) is 4.63. The van der Waals surface area contributed by atoms with Gasteiger partial charge in [0.15, 0.2) is 0 Å². The van der Waals surface area contributed by atoms with Gasteiger partial charge in [0.2, 0.25) is 0 Å². The summed E-state index contributed by atoms with van der Waals surface area (Å²) in [6, 6.07) is 5.82. The molecule has 0 aliphatic carbocycles. The van der Waals surface area contributed by atoms with E-state index in [2.05, 4.69) is 5.32 Å². The van der Waals surface area contributed by atoms with E-state index < -0.39 is 0 Å². The van der Waals surface area contributed by atoms with Crippen LogP contribution in [0.4, 0.5) is 0 Å². The Morgan fingerprint density at radius 2 is 2.35 bits per heavy atom. The molecule has 1 unspecified atom stereocenters. The second-order valence-corrected chi connectivity index (χ2v) is 5.25. The molecule has 1 fully saturated rings. The smallest absolute Gasteiger partial charge is 0.142 e. The van der Waals surface area contributed by atoms with Crippen molar-refractivity contribution in [3.8, 4) is 5.75 Å². The Morgan fingerprint density at radius 3 is 3.10 bits per heavy atom. The van der Waals surface area contributed by atoms with Crippen LogP contribution in [-0.4, -0.2) is 39.6 Å². The summed E-state index contributed by atoms with van der Waals surface area (Å²) >= 11 is 6.24. The van der Waals surface area contributed by atoms with Gasteiger partial charge in [0.05, 0.1) is 17.7 Å². The van der Waals surface area contributed by atoms with E-state index in [9.17, 15) is 0 Å². The fraction of sp³-hybridized carbons (Fsp3) is 0.600. The third-order valence-corrected chi connectivity index (χ3v) is 3.58. The summed E-state index contributed by atoms with van der Waals surface area (Å²) in [5.41, 5.74) is 1.06. The van der Waals surface area contributed by atoms with Crippen molar-refractivity contribution in [2.45, 2.75) is 25.5 Å². The Kier molecular flexibility index (Phi) is 6.60. The fourth-order valence-corrected chi connectivity index (χ4v) is 2.45. The second kappa shape index (κ2) is 8.47. The van der Waals surface area contributed by atoms with Gasteiger partial charge in [-0.25, -0.2) is 0 Å². The molecule has 0 saturated carbocycles. The van der Waals surface area contributed by atoms with Crippen LogP contribution in [0.5, 0.6) is 5.75 Å². The molecule has 1 N–H and O–H groups in total. The average molecular weight is 300 g/mol. The summed E-state index contributed by atoms with van der Waals surface area (Å²) in [5.74, 6) is 0.759. The molecule has 1 heterocycles. The van der Waals surface area contributed by atoms with E-state index in [0.717, 1.165) is 37.3 Å². The maximum Gasteiger partial charge on any atom is 0.142 e. The highest BCUT2D eigenvalue weighted by atomic mass is 35.5. The molecule has 0 spiro atoms. The summed E-state index contributed by atoms with van der Waals surface area (Å²) < 4.78 is 16.5. The molecule has 0 aromatic heterocycles. The molecule has 1 aliphatic rings. The van der Waals surface area contributed by atoms with Gasteiger partial charge in [-0.2, -0.15) is 0 Å². The first-order chi connectivity index (χ1) is 9.81. The minimum atomic E-state index is 0.195. The SMILES string of the molecule is COCCNCc1cccc(Cl)c1OCC1CCCO1. The van der Waals surface area contributed by atoms with Gasteiger partial charge in [0.1, 0.15) is 12.4 Å². The number of hydrogen-bond donors (Lipinski definition) is 1. The van der Waals surface area contributed by atoms with Crippen LogP contribution in [0.15, 0.2) is 18.2 Å². The van der Waals surface area contributed by atoms with E-state index in [-0.39, 0.29) is 6.10 Å². The van der Waals surface area contributed by atoms with Gasteiger partial charge in [-0.15, -0.1) is 0 Å². The topological polar surface area (TPSA) is 39.7 Å². The van der Waals surface area contributed by atoms with E-state index in [1.807, 2.05) is 18.2 Å². The Hall–Kier alpha value is -0.810. The van der Waals surface area contributed by atoms with Gasteiger partial charge in [-0.05, 0) is 18.9 Å². The van der Waals surface area contributed by atoms with Crippen LogP contribution >= 0.6 is 11.6 Å². The van der Waals surface area contributed by atoms with Crippen LogP contribution in [0.1, 0.15) is 18.4 Å². The largest absolute Gasteiger partial charge is 0.489 e. The number of hydrogen-bond acceptors (Lipinski definition) is 4. The highest BCUT2D eigenvalue weighted by molar-refractivity contribution is 6.32. The molecule has 5 heteroatoms. The van der Waals surface area contributed by atoms with Crippen LogP contribution in [0.25, 0.3) is 0 Å². The van der Waals surface area contributed by atoms with Crippen molar-refractivity contribution < 1.29 is 14.2 Å². The molecule has 4 nitrogen and oxygen atoms in total. The first-order valence-electron chi connectivity index (χ1n) is 7.02. The van der Waals surface area contributed by atoms with Crippen molar-refractivity contribution in [2.24, 2.45) is 0 Å². The predicted molar refractivity (Wildman–Crippen MR) is 79.5 cm³/mol. The lowest BCUT2D eigenvalue weighted by molar-refractivity contribution is 0.0676. The van der Waals surface area contributed by atoms with Gasteiger partial charge in [-0.3, -0.25) is 0 Å². The molecule has 20 heavy (non-hydrogen) atoms. The minimum Gasteiger partial charge on any atom is -0.489 e. The summed E-state index contributed by atoms with van der Waals surface area (Å²) in [6.07, 6.45) is 2.37. The van der Waals surface area contributed by atoms with Gasteiger partial charge in [0, 0.05) is 32.4 Å². The number of nitrogens with one attached hydrogen (secondary N) is 1. The van der Waals surface area contributed by atoms with Crippen LogP contribution in [-0.2, 0) is 16.0 Å². The molecule has 1 aromatic rings. The summed E-state index contributed by atoms with van der Waals surface area (Å²) in [6.45, 7) is 3.60. The molecule has 1 aliphatic heterocycles. The van der Waals surface area contributed by atoms with Crippen molar-refractivity contribution in [1.29, 1.82) is 0 Å². The molecule has 1 aromatic carbocycles. The molecule has 112 valence electrons. The summed E-state index contributed by atoms with van der Waals surface area (Å²) in [5, 5.41) is 3.95. The van der Waals surface area contributed by atoms with Crippen LogP contribution in [0.3, 0.4) is 0 Å². The van der Waals surface area contributed by atoms with Gasteiger partial charge in [0.25, 0.3) is 0 Å². The number of halogens is 1. The maximum absolute atomic E-state index is 6.24. The monoisotopic (exact) mass is 299 g/mol. The molecule has 1 saturated heterocycles. The number of para-hydroxylation sites is 1. The van der Waals surface area contributed by atoms with E-state index in [4.69, 9.17) is 25.8 Å². The lowest BCUT2D eigenvalue weighted by Crippen LogP contribution is -2.20. The van der Waals surface area contributed by atoms with Crippen molar-refractivity contribution in [3.63, 3.8) is 0 Å². The molecule has 1 atom stereocenters. The van der Waals surface area contributed by atoms with Crippen molar-refractivity contribution in [2.75, 3.05) is 33.5 Å². The minimum absolute atomic E-state index is 0.195. The molecule has 0 amide bonds. The summed E-state index contributed by atoms with van der Waals surface area (Å²) in [7, 11) is 1.69. The Morgan fingerprint density at radius 1 is 1.45 bits per heavy atom. The Balaban J connectivity index is 1.90. The Labute approximate surface area is 125 Å². The molecule has 0 radical (unpaired) electrons. The first kappa shape index (κ1) is 15.6. The number of methoxy groups -OCH3 is 1. The maximum atomic E-state index is 6.24. The van der Waals surface area contributed by atoms with Crippen molar-refractivity contribution >= 4 is 11.6 Å². The lowest BCUT2D eigenvalue weighted by atomic mass is 10.2. The first-order valence-corrected chi connectivity index (χ1v) is 7.40. The van der Waals surface area contributed by atoms with Crippen molar-refractivity contribution in [1.82, 2.24) is 5.32 Å². The van der Waals surface area contributed by atoms with Gasteiger partial charge in [-0.1, -0.05) is 23.7 Å². The highest BCUT2D eigenvalue weighted by Crippen LogP contribution is 2.29. The van der Waals surface area contributed by atoms with Crippen LogP contribution in [0.2, 0.25) is 5.02 Å². The normalized spacial score (nSPS) is 18.4. The molecule has 2 rings (SSSR count). The number of ether oxygens (including phenoxy) is 3. The zero-order chi connectivity index (χ0) is 14.2.